The van der Waals surface area contributed by atoms with Crippen molar-refractivity contribution in [2.24, 2.45) is 0 Å². The quantitative estimate of drug-likeness (QED) is 0.639. The van der Waals surface area contributed by atoms with Gasteiger partial charge in [0.1, 0.15) is 17.4 Å². The lowest BCUT2D eigenvalue weighted by molar-refractivity contribution is 0.0585. The minimum absolute atomic E-state index is 0.149. The first kappa shape index (κ1) is 24.2. The first-order chi connectivity index (χ1) is 14.4. The van der Waals surface area contributed by atoms with Crippen molar-refractivity contribution in [3.8, 4) is 0 Å². The van der Waals surface area contributed by atoms with Gasteiger partial charge in [0.2, 0.25) is 0 Å². The molecular formula is C22H28F2N2O5. The Balaban J connectivity index is 2.62. The molecule has 0 aromatic heterocycles. The highest BCUT2D eigenvalue weighted by molar-refractivity contribution is 5.99. The average molecular weight is 438 g/mol. The molecule has 0 fully saturated rings. The summed E-state index contributed by atoms with van der Waals surface area (Å²) in [5.74, 6) is -0.355. The number of carbonyl (C=O) groups is 2. The van der Waals surface area contributed by atoms with Crippen LogP contribution in [-0.4, -0.2) is 63.3 Å². The summed E-state index contributed by atoms with van der Waals surface area (Å²) >= 11 is 0. The Bertz CT molecular complexity index is 906. The number of hydrogen-bond donors (Lipinski definition) is 0. The van der Waals surface area contributed by atoms with Gasteiger partial charge >= 0.3 is 12.1 Å². The fourth-order valence-corrected chi connectivity index (χ4v) is 3.03. The Morgan fingerprint density at radius 2 is 1.84 bits per heavy atom. The summed E-state index contributed by atoms with van der Waals surface area (Å²) in [7, 11) is 5.66. The zero-order chi connectivity index (χ0) is 23.5. The number of alkyl halides is 2. The lowest BCUT2D eigenvalue weighted by Crippen LogP contribution is -2.35. The zero-order valence-corrected chi connectivity index (χ0v) is 18.7. The molecule has 0 radical (unpaired) electrons. The Labute approximate surface area is 180 Å². The Hall–Kier alpha value is -3.10. The van der Waals surface area contributed by atoms with Crippen molar-refractivity contribution in [1.82, 2.24) is 4.90 Å². The van der Waals surface area contributed by atoms with Crippen LogP contribution in [0.4, 0.5) is 19.3 Å². The third-order valence-corrected chi connectivity index (χ3v) is 4.63. The topological polar surface area (TPSA) is 68.3 Å². The summed E-state index contributed by atoms with van der Waals surface area (Å²) in [4.78, 5) is 27.5. The molecule has 9 heteroatoms. The number of amides is 1. The van der Waals surface area contributed by atoms with E-state index in [-0.39, 0.29) is 5.56 Å². The molecule has 2 rings (SSSR count). The number of rotatable bonds is 5. The molecule has 0 aliphatic carbocycles. The summed E-state index contributed by atoms with van der Waals surface area (Å²) in [5, 5.41) is 0. The van der Waals surface area contributed by atoms with Gasteiger partial charge in [-0.3, -0.25) is 4.90 Å². The number of ether oxygens (including phenoxy) is 3. The van der Waals surface area contributed by atoms with Gasteiger partial charge in [-0.25, -0.2) is 18.4 Å². The molecule has 0 N–H and O–H groups in total. The third-order valence-electron chi connectivity index (χ3n) is 4.63. The number of benzene rings is 1. The van der Waals surface area contributed by atoms with Crippen LogP contribution in [0.1, 0.15) is 36.7 Å². The van der Waals surface area contributed by atoms with Crippen molar-refractivity contribution in [3.63, 3.8) is 0 Å². The van der Waals surface area contributed by atoms with Crippen molar-refractivity contribution < 1.29 is 32.6 Å². The van der Waals surface area contributed by atoms with Crippen molar-refractivity contribution in [3.05, 3.63) is 47.4 Å². The number of likely N-dealkylation sites (N-methyl/N-ethyl adjacent to an activating group) is 1. The molecule has 1 aromatic carbocycles. The van der Waals surface area contributed by atoms with Crippen LogP contribution < -0.4 is 4.90 Å². The molecule has 0 spiro atoms. The molecule has 1 aliphatic rings. The van der Waals surface area contributed by atoms with Crippen LogP contribution in [0.5, 0.6) is 0 Å². The maximum absolute atomic E-state index is 13.6. The molecule has 7 nitrogen and oxygen atoms in total. The average Bonchev–Trinajstić information content (AvgIpc) is 2.70. The Morgan fingerprint density at radius 1 is 1.19 bits per heavy atom. The lowest BCUT2D eigenvalue weighted by atomic mass is 9.93. The third kappa shape index (κ3) is 5.53. The Morgan fingerprint density at radius 3 is 2.35 bits per heavy atom. The van der Waals surface area contributed by atoms with Gasteiger partial charge in [-0.2, -0.15) is 0 Å². The number of anilines is 1. The van der Waals surface area contributed by atoms with Crippen molar-refractivity contribution in [2.75, 3.05) is 33.2 Å². The van der Waals surface area contributed by atoms with Gasteiger partial charge in [0.25, 0.3) is 6.43 Å². The second-order valence-corrected chi connectivity index (χ2v) is 8.03. The predicted octanol–water partition coefficient (Wildman–Crippen LogP) is 4.29. The molecule has 0 saturated carbocycles. The molecule has 1 unspecified atom stereocenters. The smallest absolute Gasteiger partial charge is 0.414 e. The van der Waals surface area contributed by atoms with E-state index in [4.69, 9.17) is 14.2 Å². The van der Waals surface area contributed by atoms with Crippen LogP contribution >= 0.6 is 0 Å². The fraction of sp³-hybridized carbons (Fsp3) is 0.455. The van der Waals surface area contributed by atoms with Gasteiger partial charge in [0, 0.05) is 37.1 Å². The number of esters is 1. The minimum atomic E-state index is -2.66. The molecule has 31 heavy (non-hydrogen) atoms. The van der Waals surface area contributed by atoms with Gasteiger partial charge in [-0.1, -0.05) is 0 Å². The van der Waals surface area contributed by atoms with E-state index < -0.39 is 30.1 Å². The number of halogens is 2. The number of hydrogen-bond acceptors (Lipinski definition) is 6. The highest BCUT2D eigenvalue weighted by Crippen LogP contribution is 2.35. The van der Waals surface area contributed by atoms with Gasteiger partial charge in [-0.05, 0) is 45.0 Å². The Kier molecular flexibility index (Phi) is 7.30. The second-order valence-electron chi connectivity index (χ2n) is 8.03. The van der Waals surface area contributed by atoms with Crippen LogP contribution in [0.2, 0.25) is 0 Å². The van der Waals surface area contributed by atoms with E-state index in [2.05, 4.69) is 0 Å². The number of allylic oxidation sites excluding steroid dienone is 1. The number of carbonyl (C=O) groups excluding carboxylic acids is 2. The van der Waals surface area contributed by atoms with E-state index in [9.17, 15) is 18.4 Å². The fourth-order valence-electron chi connectivity index (χ4n) is 3.03. The predicted molar refractivity (Wildman–Crippen MR) is 113 cm³/mol. The number of methoxy groups -OCH3 is 2. The van der Waals surface area contributed by atoms with E-state index in [1.165, 1.54) is 56.5 Å². The van der Waals surface area contributed by atoms with E-state index in [0.29, 0.717) is 22.6 Å². The van der Waals surface area contributed by atoms with Crippen molar-refractivity contribution in [1.29, 1.82) is 0 Å². The SMILES string of the molecule is COC(=O)c1ccc(N(C)C(=O)OC(C)(C)C)cc1C1=CC(C(F)F)N(C)C=C1OC. The maximum atomic E-state index is 13.6. The zero-order valence-electron chi connectivity index (χ0n) is 18.7. The van der Waals surface area contributed by atoms with Crippen LogP contribution in [-0.2, 0) is 14.2 Å². The standard InChI is InChI=1S/C22H28F2N2O5/c1-22(2,3)31-21(28)26(5)13-8-9-14(20(27)30-7)15(10-13)16-11-17(19(23)24)25(4)12-18(16)29-6/h8-12,17,19H,1-7H3. The molecular weight excluding hydrogens is 410 g/mol. The summed E-state index contributed by atoms with van der Waals surface area (Å²) in [6.07, 6.45) is -0.488. The summed E-state index contributed by atoms with van der Waals surface area (Å²) in [5.41, 5.74) is 0.446. The van der Waals surface area contributed by atoms with Gasteiger partial charge in [0.05, 0.1) is 19.8 Å². The molecule has 0 saturated heterocycles. The van der Waals surface area contributed by atoms with Crippen molar-refractivity contribution >= 4 is 23.3 Å². The van der Waals surface area contributed by atoms with Crippen LogP contribution in [0, 0.1) is 0 Å². The summed E-state index contributed by atoms with van der Waals surface area (Å²) in [6, 6.07) is 3.35. The van der Waals surface area contributed by atoms with Crippen LogP contribution in [0.25, 0.3) is 5.57 Å². The molecule has 1 amide bonds. The molecule has 170 valence electrons. The summed E-state index contributed by atoms with van der Waals surface area (Å²) in [6.45, 7) is 5.23. The van der Waals surface area contributed by atoms with Crippen molar-refractivity contribution in [2.45, 2.75) is 38.8 Å². The molecule has 0 bridgehead atoms. The van der Waals surface area contributed by atoms with E-state index >= 15 is 0 Å². The monoisotopic (exact) mass is 438 g/mol. The first-order valence-corrected chi connectivity index (χ1v) is 9.57. The maximum Gasteiger partial charge on any atom is 0.414 e. The normalized spacial score (nSPS) is 16.5. The minimum Gasteiger partial charge on any atom is -0.495 e. The van der Waals surface area contributed by atoms with E-state index in [1.807, 2.05) is 0 Å². The molecule has 1 aromatic rings. The largest absolute Gasteiger partial charge is 0.495 e. The summed E-state index contributed by atoms with van der Waals surface area (Å²) < 4.78 is 42.8. The lowest BCUT2D eigenvalue weighted by Gasteiger charge is -2.31. The molecule has 1 atom stereocenters. The van der Waals surface area contributed by atoms with Gasteiger partial charge in [-0.15, -0.1) is 0 Å². The first-order valence-electron chi connectivity index (χ1n) is 9.57. The van der Waals surface area contributed by atoms with E-state index in [0.717, 1.165) is 0 Å². The second kappa shape index (κ2) is 9.36. The van der Waals surface area contributed by atoms with E-state index in [1.54, 1.807) is 32.9 Å². The highest BCUT2D eigenvalue weighted by atomic mass is 19.3. The number of nitrogens with zero attached hydrogens (tertiary/aromatic N) is 2. The highest BCUT2D eigenvalue weighted by Gasteiger charge is 2.30. The molecule has 1 aliphatic heterocycles. The molecule has 1 heterocycles. The van der Waals surface area contributed by atoms with Crippen LogP contribution in [0.15, 0.2) is 36.2 Å². The van der Waals surface area contributed by atoms with Crippen LogP contribution in [0.3, 0.4) is 0 Å². The van der Waals surface area contributed by atoms with Gasteiger partial charge in [0.15, 0.2) is 0 Å². The van der Waals surface area contributed by atoms with Gasteiger partial charge < -0.3 is 19.1 Å².